The Kier molecular flexibility index (Phi) is 6.84. The molecule has 2 aromatic carbocycles. The summed E-state index contributed by atoms with van der Waals surface area (Å²) in [6.07, 6.45) is 0. The fourth-order valence-corrected chi connectivity index (χ4v) is 4.36. The molecule has 158 valence electrons. The van der Waals surface area contributed by atoms with Crippen LogP contribution in [0.25, 0.3) is 0 Å². The Balaban J connectivity index is 1.52. The fourth-order valence-electron chi connectivity index (χ4n) is 4.36. The SMILES string of the molecule is COCCn1nnnc1[C@H](c1ccc(C)cc1)[NH+]1CC[NH+](Cc2ccccc2)CC1. The van der Waals surface area contributed by atoms with Crippen LogP contribution >= 0.6 is 0 Å². The Hall–Kier alpha value is -2.61. The normalized spacial score (nSPS) is 20.2. The van der Waals surface area contributed by atoms with Gasteiger partial charge in [-0.05, 0) is 17.4 Å². The quantitative estimate of drug-likeness (QED) is 0.537. The smallest absolute Gasteiger partial charge is 0.214 e. The highest BCUT2D eigenvalue weighted by Gasteiger charge is 2.35. The molecule has 0 aliphatic carbocycles. The van der Waals surface area contributed by atoms with Gasteiger partial charge in [0.1, 0.15) is 32.7 Å². The summed E-state index contributed by atoms with van der Waals surface area (Å²) in [5.41, 5.74) is 3.95. The third kappa shape index (κ3) is 4.92. The van der Waals surface area contributed by atoms with Gasteiger partial charge in [-0.3, -0.25) is 0 Å². The summed E-state index contributed by atoms with van der Waals surface area (Å²) < 4.78 is 7.17. The number of quaternary nitrogens is 2. The van der Waals surface area contributed by atoms with E-state index >= 15 is 0 Å². The molecule has 1 atom stereocenters. The standard InChI is InChI=1S/C23H30N6O/c1-19-8-10-21(11-9-19)22(23-24-25-26-29(23)16-17-30-2)28-14-12-27(13-15-28)18-20-6-4-3-5-7-20/h3-11,22H,12-18H2,1-2H3/p+2/t22-/m0/s1. The maximum atomic E-state index is 5.26. The van der Waals surface area contributed by atoms with Gasteiger partial charge < -0.3 is 14.5 Å². The average molecular weight is 409 g/mol. The number of nitrogens with one attached hydrogen (secondary N) is 2. The van der Waals surface area contributed by atoms with Crippen LogP contribution in [0.1, 0.15) is 28.6 Å². The molecular formula is C23H32N6O+2. The highest BCUT2D eigenvalue weighted by Crippen LogP contribution is 2.18. The van der Waals surface area contributed by atoms with Crippen molar-refractivity contribution in [3.63, 3.8) is 0 Å². The van der Waals surface area contributed by atoms with Crippen molar-refractivity contribution in [3.05, 3.63) is 77.1 Å². The topological polar surface area (TPSA) is 61.7 Å². The van der Waals surface area contributed by atoms with E-state index in [0.717, 1.165) is 38.5 Å². The van der Waals surface area contributed by atoms with Crippen molar-refractivity contribution in [2.75, 3.05) is 39.9 Å². The second-order valence-electron chi connectivity index (χ2n) is 8.17. The molecule has 0 radical (unpaired) electrons. The van der Waals surface area contributed by atoms with E-state index in [9.17, 15) is 0 Å². The van der Waals surface area contributed by atoms with Crippen LogP contribution in [0.4, 0.5) is 0 Å². The molecule has 30 heavy (non-hydrogen) atoms. The number of benzene rings is 2. The molecule has 1 aromatic heterocycles. The molecule has 0 saturated carbocycles. The second-order valence-corrected chi connectivity index (χ2v) is 8.17. The van der Waals surface area contributed by atoms with Crippen molar-refractivity contribution >= 4 is 0 Å². The van der Waals surface area contributed by atoms with Crippen molar-refractivity contribution < 1.29 is 14.5 Å². The summed E-state index contributed by atoms with van der Waals surface area (Å²) >= 11 is 0. The summed E-state index contributed by atoms with van der Waals surface area (Å²) in [5.74, 6) is 0.928. The summed E-state index contributed by atoms with van der Waals surface area (Å²) in [6.45, 7) is 8.96. The van der Waals surface area contributed by atoms with Gasteiger partial charge >= 0.3 is 0 Å². The van der Waals surface area contributed by atoms with E-state index < -0.39 is 0 Å². The molecule has 4 rings (SSSR count). The lowest BCUT2D eigenvalue weighted by Gasteiger charge is -2.34. The van der Waals surface area contributed by atoms with Crippen LogP contribution < -0.4 is 9.80 Å². The number of rotatable bonds is 8. The van der Waals surface area contributed by atoms with Crippen LogP contribution in [-0.4, -0.2) is 60.1 Å². The van der Waals surface area contributed by atoms with E-state index in [1.54, 1.807) is 12.0 Å². The molecule has 2 N–H and O–H groups in total. The van der Waals surface area contributed by atoms with Gasteiger partial charge in [-0.1, -0.05) is 60.2 Å². The molecule has 0 bridgehead atoms. The van der Waals surface area contributed by atoms with Crippen LogP contribution in [0.5, 0.6) is 0 Å². The molecule has 1 fully saturated rings. The number of piperazine rings is 1. The first-order valence-corrected chi connectivity index (χ1v) is 10.8. The lowest BCUT2D eigenvalue weighted by molar-refractivity contribution is -1.03. The molecule has 0 unspecified atom stereocenters. The van der Waals surface area contributed by atoms with Gasteiger partial charge in [0.2, 0.25) is 5.82 Å². The van der Waals surface area contributed by atoms with Gasteiger partial charge in [-0.25, -0.2) is 4.68 Å². The Bertz CT molecular complexity index is 903. The summed E-state index contributed by atoms with van der Waals surface area (Å²) in [7, 11) is 1.71. The van der Waals surface area contributed by atoms with E-state index in [4.69, 9.17) is 4.74 Å². The molecule has 1 aliphatic heterocycles. The number of ether oxygens (including phenoxy) is 1. The summed E-state index contributed by atoms with van der Waals surface area (Å²) in [4.78, 5) is 3.18. The molecule has 7 nitrogen and oxygen atoms in total. The largest absolute Gasteiger partial charge is 0.383 e. The summed E-state index contributed by atoms with van der Waals surface area (Å²) in [5, 5.41) is 12.7. The lowest BCUT2D eigenvalue weighted by Crippen LogP contribution is -3.27. The summed E-state index contributed by atoms with van der Waals surface area (Å²) in [6, 6.07) is 19.8. The van der Waals surface area contributed by atoms with Crippen LogP contribution in [-0.2, 0) is 17.8 Å². The molecule has 7 heteroatoms. The molecular weight excluding hydrogens is 376 g/mol. The number of nitrogens with zero attached hydrogens (tertiary/aromatic N) is 4. The van der Waals surface area contributed by atoms with Gasteiger partial charge in [-0.15, -0.1) is 5.10 Å². The van der Waals surface area contributed by atoms with E-state index in [0.29, 0.717) is 13.2 Å². The number of aromatic nitrogens is 4. The third-order valence-corrected chi connectivity index (χ3v) is 6.04. The average Bonchev–Trinajstić information content (AvgIpc) is 3.24. The van der Waals surface area contributed by atoms with Crippen molar-refractivity contribution in [3.8, 4) is 0 Å². The Morgan fingerprint density at radius 3 is 2.43 bits per heavy atom. The van der Waals surface area contributed by atoms with Gasteiger partial charge in [0, 0.05) is 18.2 Å². The maximum absolute atomic E-state index is 5.26. The van der Waals surface area contributed by atoms with Gasteiger partial charge in [-0.2, -0.15) is 0 Å². The Morgan fingerprint density at radius 2 is 1.73 bits per heavy atom. The molecule has 1 saturated heterocycles. The molecule has 0 spiro atoms. The van der Waals surface area contributed by atoms with Crippen molar-refractivity contribution in [1.82, 2.24) is 20.2 Å². The maximum Gasteiger partial charge on any atom is 0.214 e. The van der Waals surface area contributed by atoms with Gasteiger partial charge in [0.05, 0.1) is 13.2 Å². The second kappa shape index (κ2) is 9.93. The molecule has 1 aliphatic rings. The number of aryl methyl sites for hydroxylation is 1. The van der Waals surface area contributed by atoms with Crippen LogP contribution in [0.2, 0.25) is 0 Å². The number of methoxy groups -OCH3 is 1. The van der Waals surface area contributed by atoms with E-state index in [-0.39, 0.29) is 6.04 Å². The van der Waals surface area contributed by atoms with Gasteiger partial charge in [0.15, 0.2) is 6.04 Å². The van der Waals surface area contributed by atoms with E-state index in [1.165, 1.54) is 21.6 Å². The zero-order chi connectivity index (χ0) is 20.8. The van der Waals surface area contributed by atoms with Gasteiger partial charge in [0.25, 0.3) is 0 Å². The monoisotopic (exact) mass is 408 g/mol. The first kappa shape index (κ1) is 20.7. The predicted octanol–water partition coefficient (Wildman–Crippen LogP) is -0.299. The number of hydrogen-bond donors (Lipinski definition) is 2. The lowest BCUT2D eigenvalue weighted by atomic mass is 10.0. The zero-order valence-corrected chi connectivity index (χ0v) is 17.9. The molecule has 3 aromatic rings. The fraction of sp³-hybridized carbons (Fsp3) is 0.435. The molecule has 2 heterocycles. The highest BCUT2D eigenvalue weighted by atomic mass is 16.5. The first-order valence-electron chi connectivity index (χ1n) is 10.8. The minimum atomic E-state index is 0.135. The minimum absolute atomic E-state index is 0.135. The number of tetrazole rings is 1. The Labute approximate surface area is 178 Å². The predicted molar refractivity (Wildman–Crippen MR) is 114 cm³/mol. The van der Waals surface area contributed by atoms with Crippen LogP contribution in [0, 0.1) is 6.92 Å². The van der Waals surface area contributed by atoms with Crippen LogP contribution in [0.15, 0.2) is 54.6 Å². The van der Waals surface area contributed by atoms with Crippen molar-refractivity contribution in [2.24, 2.45) is 0 Å². The van der Waals surface area contributed by atoms with E-state index in [2.05, 4.69) is 77.0 Å². The zero-order valence-electron chi connectivity index (χ0n) is 17.9. The minimum Gasteiger partial charge on any atom is -0.383 e. The Morgan fingerprint density at radius 1 is 1.00 bits per heavy atom. The highest BCUT2D eigenvalue weighted by molar-refractivity contribution is 5.26. The van der Waals surface area contributed by atoms with E-state index in [1.807, 2.05) is 4.68 Å². The van der Waals surface area contributed by atoms with Crippen molar-refractivity contribution in [2.45, 2.75) is 26.1 Å². The first-order chi connectivity index (χ1) is 14.7. The van der Waals surface area contributed by atoms with Crippen LogP contribution in [0.3, 0.4) is 0 Å². The third-order valence-electron chi connectivity index (χ3n) is 6.04. The number of hydrogen-bond acceptors (Lipinski definition) is 4. The molecule has 0 amide bonds. The van der Waals surface area contributed by atoms with Crippen molar-refractivity contribution in [1.29, 1.82) is 0 Å².